The Labute approximate surface area is 141 Å². The minimum Gasteiger partial charge on any atom is -0.366 e. The van der Waals surface area contributed by atoms with Crippen LogP contribution in [-0.2, 0) is 10.0 Å². The molecule has 0 heterocycles. The molecule has 5 nitrogen and oxygen atoms in total. The van der Waals surface area contributed by atoms with Crippen LogP contribution in [0.15, 0.2) is 47.4 Å². The summed E-state index contributed by atoms with van der Waals surface area (Å²) in [6.07, 6.45) is 0. The van der Waals surface area contributed by atoms with Gasteiger partial charge in [-0.2, -0.15) is 4.72 Å². The van der Waals surface area contributed by atoms with Crippen LogP contribution >= 0.6 is 0 Å². The molecule has 1 amide bonds. The van der Waals surface area contributed by atoms with Gasteiger partial charge in [0.15, 0.2) is 0 Å². The zero-order chi connectivity index (χ0) is 17.7. The van der Waals surface area contributed by atoms with Crippen molar-refractivity contribution >= 4 is 15.9 Å². The van der Waals surface area contributed by atoms with Gasteiger partial charge in [0.2, 0.25) is 15.9 Å². The first-order valence-corrected chi connectivity index (χ1v) is 8.73. The van der Waals surface area contributed by atoms with Crippen molar-refractivity contribution in [2.24, 2.45) is 5.73 Å². The standard InChI is InChI=1S/C18H18N2O3S/c1-13-5-6-14(2)17(12-13)24(22,23)20-11-3-4-15-7-9-16(10-8-15)18(19)21/h5-10,12,20H,11H2,1-2H3,(H2,19,21). The van der Waals surface area contributed by atoms with Gasteiger partial charge >= 0.3 is 0 Å². The van der Waals surface area contributed by atoms with Crippen molar-refractivity contribution in [2.45, 2.75) is 18.7 Å². The summed E-state index contributed by atoms with van der Waals surface area (Å²) < 4.78 is 27.1. The third-order valence-electron chi connectivity index (χ3n) is 3.39. The van der Waals surface area contributed by atoms with Crippen molar-refractivity contribution in [3.05, 3.63) is 64.7 Å². The molecule has 0 bridgehead atoms. The lowest BCUT2D eigenvalue weighted by Crippen LogP contribution is -2.24. The van der Waals surface area contributed by atoms with Crippen LogP contribution in [0.3, 0.4) is 0 Å². The fourth-order valence-corrected chi connectivity index (χ4v) is 3.32. The summed E-state index contributed by atoms with van der Waals surface area (Å²) >= 11 is 0. The van der Waals surface area contributed by atoms with E-state index in [4.69, 9.17) is 5.73 Å². The summed E-state index contributed by atoms with van der Waals surface area (Å²) in [7, 11) is -3.60. The Kier molecular flexibility index (Phi) is 5.39. The first-order chi connectivity index (χ1) is 11.3. The highest BCUT2D eigenvalue weighted by Gasteiger charge is 2.15. The van der Waals surface area contributed by atoms with E-state index in [1.807, 2.05) is 13.0 Å². The number of primary amides is 1. The van der Waals surface area contributed by atoms with E-state index in [9.17, 15) is 13.2 Å². The van der Waals surface area contributed by atoms with Crippen LogP contribution in [0.1, 0.15) is 27.0 Å². The highest BCUT2D eigenvalue weighted by Crippen LogP contribution is 2.16. The zero-order valence-corrected chi connectivity index (χ0v) is 14.3. The van der Waals surface area contributed by atoms with Gasteiger partial charge in [0.05, 0.1) is 11.4 Å². The minimum atomic E-state index is -3.60. The molecule has 24 heavy (non-hydrogen) atoms. The number of hydrogen-bond donors (Lipinski definition) is 2. The molecular formula is C18H18N2O3S. The van der Waals surface area contributed by atoms with Gasteiger partial charge in [-0.3, -0.25) is 4.79 Å². The van der Waals surface area contributed by atoms with E-state index >= 15 is 0 Å². The summed E-state index contributed by atoms with van der Waals surface area (Å²) in [6, 6.07) is 11.7. The quantitative estimate of drug-likeness (QED) is 0.829. The summed E-state index contributed by atoms with van der Waals surface area (Å²) in [5, 5.41) is 0. The highest BCUT2D eigenvalue weighted by molar-refractivity contribution is 7.89. The largest absolute Gasteiger partial charge is 0.366 e. The molecule has 6 heteroatoms. The molecule has 0 fully saturated rings. The SMILES string of the molecule is Cc1ccc(C)c(S(=O)(=O)NCC#Cc2ccc(C(N)=O)cc2)c1. The van der Waals surface area contributed by atoms with E-state index in [0.717, 1.165) is 5.56 Å². The van der Waals surface area contributed by atoms with Gasteiger partial charge in [-0.1, -0.05) is 24.0 Å². The number of nitrogens with two attached hydrogens (primary N) is 1. The van der Waals surface area contributed by atoms with Crippen LogP contribution in [0, 0.1) is 25.7 Å². The van der Waals surface area contributed by atoms with Crippen molar-refractivity contribution in [2.75, 3.05) is 6.54 Å². The maximum Gasteiger partial charge on any atom is 0.248 e. The smallest absolute Gasteiger partial charge is 0.248 e. The number of hydrogen-bond acceptors (Lipinski definition) is 3. The molecular weight excluding hydrogens is 324 g/mol. The fraction of sp³-hybridized carbons (Fsp3) is 0.167. The third-order valence-corrected chi connectivity index (χ3v) is 4.93. The number of carbonyl (C=O) groups is 1. The fourth-order valence-electron chi connectivity index (χ4n) is 2.07. The Morgan fingerprint density at radius 3 is 2.42 bits per heavy atom. The normalized spacial score (nSPS) is 10.8. The van der Waals surface area contributed by atoms with Gasteiger partial charge in [0.25, 0.3) is 0 Å². The average molecular weight is 342 g/mol. The maximum absolute atomic E-state index is 12.3. The lowest BCUT2D eigenvalue weighted by Gasteiger charge is -2.08. The Hall–Kier alpha value is -2.62. The summed E-state index contributed by atoms with van der Waals surface area (Å²) in [5.74, 6) is 5.08. The van der Waals surface area contributed by atoms with Crippen molar-refractivity contribution in [3.8, 4) is 11.8 Å². The minimum absolute atomic E-state index is 0.00666. The summed E-state index contributed by atoms with van der Waals surface area (Å²) in [5.41, 5.74) is 7.79. The molecule has 2 aromatic rings. The molecule has 2 aromatic carbocycles. The van der Waals surface area contributed by atoms with Crippen LogP contribution in [0.25, 0.3) is 0 Å². The second-order valence-corrected chi connectivity index (χ2v) is 7.07. The second-order valence-electron chi connectivity index (χ2n) is 5.34. The molecule has 0 spiro atoms. The highest BCUT2D eigenvalue weighted by atomic mass is 32.2. The monoisotopic (exact) mass is 342 g/mol. The van der Waals surface area contributed by atoms with Crippen LogP contribution in [-0.4, -0.2) is 20.9 Å². The predicted molar refractivity (Wildman–Crippen MR) is 92.9 cm³/mol. The van der Waals surface area contributed by atoms with Crippen molar-refractivity contribution < 1.29 is 13.2 Å². The lowest BCUT2D eigenvalue weighted by molar-refractivity contribution is 0.100. The van der Waals surface area contributed by atoms with E-state index in [1.54, 1.807) is 43.3 Å². The summed E-state index contributed by atoms with van der Waals surface area (Å²) in [4.78, 5) is 11.2. The lowest BCUT2D eigenvalue weighted by atomic mass is 10.1. The molecule has 0 aromatic heterocycles. The third kappa shape index (κ3) is 4.44. The van der Waals surface area contributed by atoms with E-state index in [0.29, 0.717) is 16.7 Å². The van der Waals surface area contributed by atoms with E-state index < -0.39 is 15.9 Å². The Morgan fingerprint density at radius 2 is 1.79 bits per heavy atom. The molecule has 0 saturated heterocycles. The number of benzene rings is 2. The molecule has 2 rings (SSSR count). The molecule has 0 radical (unpaired) electrons. The maximum atomic E-state index is 12.3. The Balaban J connectivity index is 2.06. The van der Waals surface area contributed by atoms with Gasteiger partial charge in [0, 0.05) is 11.1 Å². The Bertz CT molecular complexity index is 921. The van der Waals surface area contributed by atoms with Crippen LogP contribution in [0.4, 0.5) is 0 Å². The molecule has 0 unspecified atom stereocenters. The van der Waals surface area contributed by atoms with Crippen LogP contribution < -0.4 is 10.5 Å². The molecule has 0 saturated carbocycles. The van der Waals surface area contributed by atoms with Gasteiger partial charge in [0.1, 0.15) is 0 Å². The molecule has 0 aliphatic rings. The number of amides is 1. The van der Waals surface area contributed by atoms with Gasteiger partial charge in [-0.25, -0.2) is 8.42 Å². The summed E-state index contributed by atoms with van der Waals surface area (Å²) in [6.45, 7) is 3.58. The van der Waals surface area contributed by atoms with E-state index in [1.165, 1.54) is 0 Å². The second kappa shape index (κ2) is 7.30. The zero-order valence-electron chi connectivity index (χ0n) is 13.5. The Morgan fingerprint density at radius 1 is 1.12 bits per heavy atom. The van der Waals surface area contributed by atoms with Crippen molar-refractivity contribution in [3.63, 3.8) is 0 Å². The molecule has 3 N–H and O–H groups in total. The van der Waals surface area contributed by atoms with Crippen molar-refractivity contribution in [1.29, 1.82) is 0 Å². The van der Waals surface area contributed by atoms with Crippen molar-refractivity contribution in [1.82, 2.24) is 4.72 Å². The molecule has 124 valence electrons. The number of sulfonamides is 1. The predicted octanol–water partition coefficient (Wildman–Crippen LogP) is 1.73. The topological polar surface area (TPSA) is 89.3 Å². The van der Waals surface area contributed by atoms with Gasteiger partial charge < -0.3 is 5.73 Å². The molecule has 0 aliphatic heterocycles. The van der Waals surface area contributed by atoms with Crippen LogP contribution in [0.5, 0.6) is 0 Å². The number of rotatable bonds is 4. The van der Waals surface area contributed by atoms with E-state index in [2.05, 4.69) is 16.6 Å². The first kappa shape index (κ1) is 17.7. The van der Waals surface area contributed by atoms with Gasteiger partial charge in [-0.15, -0.1) is 0 Å². The molecule has 0 atom stereocenters. The average Bonchev–Trinajstić information content (AvgIpc) is 2.54. The number of carbonyl (C=O) groups excluding carboxylic acids is 1. The first-order valence-electron chi connectivity index (χ1n) is 7.25. The number of aryl methyl sites for hydroxylation is 2. The molecule has 0 aliphatic carbocycles. The van der Waals surface area contributed by atoms with E-state index in [-0.39, 0.29) is 11.4 Å². The number of nitrogens with one attached hydrogen (secondary N) is 1. The van der Waals surface area contributed by atoms with Crippen LogP contribution in [0.2, 0.25) is 0 Å². The van der Waals surface area contributed by atoms with Gasteiger partial charge in [-0.05, 0) is 55.3 Å².